The highest BCUT2D eigenvalue weighted by Crippen LogP contribution is 2.22. The summed E-state index contributed by atoms with van der Waals surface area (Å²) in [6.45, 7) is 2.26. The van der Waals surface area contributed by atoms with E-state index in [1.807, 2.05) is 26.1 Å². The Morgan fingerprint density at radius 3 is 2.84 bits per heavy atom. The van der Waals surface area contributed by atoms with E-state index in [9.17, 15) is 4.79 Å². The second-order valence-electron chi connectivity index (χ2n) is 6.38. The third-order valence-corrected chi connectivity index (χ3v) is 4.32. The quantitative estimate of drug-likeness (QED) is 0.837. The summed E-state index contributed by atoms with van der Waals surface area (Å²) in [4.78, 5) is 16.3. The molecule has 0 aromatic carbocycles. The molecule has 1 aliphatic rings. The highest BCUT2D eigenvalue weighted by Gasteiger charge is 2.17. The largest absolute Gasteiger partial charge is 0.474 e. The molecular formula is C17H24N6O2. The molecule has 1 aliphatic carbocycles. The third kappa shape index (κ3) is 4.68. The fraction of sp³-hybridized carbons (Fsp3) is 0.529. The van der Waals surface area contributed by atoms with Crippen LogP contribution in [-0.4, -0.2) is 31.9 Å². The van der Waals surface area contributed by atoms with Gasteiger partial charge in [0, 0.05) is 25.9 Å². The molecule has 0 radical (unpaired) electrons. The topological polar surface area (TPSA) is 94.0 Å². The van der Waals surface area contributed by atoms with Crippen molar-refractivity contribution in [1.29, 1.82) is 0 Å². The Morgan fingerprint density at radius 1 is 1.40 bits per heavy atom. The lowest BCUT2D eigenvalue weighted by molar-refractivity contribution is 0.201. The zero-order valence-electron chi connectivity index (χ0n) is 14.6. The van der Waals surface area contributed by atoms with Crippen molar-refractivity contribution < 1.29 is 9.53 Å². The Kier molecular flexibility index (Phi) is 5.47. The van der Waals surface area contributed by atoms with E-state index in [0.29, 0.717) is 24.4 Å². The number of rotatable bonds is 6. The van der Waals surface area contributed by atoms with Gasteiger partial charge in [-0.25, -0.2) is 9.78 Å². The second-order valence-corrected chi connectivity index (χ2v) is 6.38. The van der Waals surface area contributed by atoms with Gasteiger partial charge in [0.1, 0.15) is 12.4 Å². The van der Waals surface area contributed by atoms with Crippen LogP contribution in [0.15, 0.2) is 24.7 Å². The van der Waals surface area contributed by atoms with Crippen molar-refractivity contribution >= 4 is 6.03 Å². The molecule has 0 aliphatic heterocycles. The highest BCUT2D eigenvalue weighted by molar-refractivity contribution is 5.74. The summed E-state index contributed by atoms with van der Waals surface area (Å²) < 4.78 is 7.61. The Morgan fingerprint density at radius 2 is 2.20 bits per heavy atom. The fourth-order valence-electron chi connectivity index (χ4n) is 2.94. The maximum Gasteiger partial charge on any atom is 0.315 e. The van der Waals surface area contributed by atoms with Crippen LogP contribution in [0.4, 0.5) is 4.79 Å². The van der Waals surface area contributed by atoms with Crippen molar-refractivity contribution in [2.24, 2.45) is 7.05 Å². The van der Waals surface area contributed by atoms with E-state index >= 15 is 0 Å². The predicted molar refractivity (Wildman–Crippen MR) is 91.9 cm³/mol. The van der Waals surface area contributed by atoms with Crippen molar-refractivity contribution in [3.8, 4) is 5.88 Å². The number of urea groups is 1. The van der Waals surface area contributed by atoms with E-state index in [2.05, 4.69) is 25.8 Å². The molecule has 1 fully saturated rings. The van der Waals surface area contributed by atoms with E-state index in [1.165, 1.54) is 12.8 Å². The van der Waals surface area contributed by atoms with Gasteiger partial charge in [0.25, 0.3) is 0 Å². The lowest BCUT2D eigenvalue weighted by Crippen LogP contribution is -2.37. The van der Waals surface area contributed by atoms with Gasteiger partial charge in [-0.2, -0.15) is 0 Å². The number of carbonyl (C=O) groups excluding carboxylic acids is 1. The number of amides is 2. The monoisotopic (exact) mass is 344 g/mol. The van der Waals surface area contributed by atoms with E-state index < -0.39 is 0 Å². The molecule has 134 valence electrons. The molecular weight excluding hydrogens is 320 g/mol. The normalized spacial score (nSPS) is 15.8. The lowest BCUT2D eigenvalue weighted by atomic mass is 10.3. The number of nitrogens with zero attached hydrogens (tertiary/aromatic N) is 4. The lowest BCUT2D eigenvalue weighted by Gasteiger charge is -2.14. The SMILES string of the molecule is C[C@H](NC(=O)NCc1ccc(OC2CCCC2)nc1)c1nncn1C. The molecule has 2 aromatic rings. The number of aryl methyl sites for hydroxylation is 1. The van der Waals surface area contributed by atoms with Crippen LogP contribution in [-0.2, 0) is 13.6 Å². The van der Waals surface area contributed by atoms with Crippen molar-refractivity contribution in [2.75, 3.05) is 0 Å². The molecule has 8 heteroatoms. The molecule has 2 heterocycles. The first kappa shape index (κ1) is 17.2. The number of hydrogen-bond acceptors (Lipinski definition) is 5. The molecule has 3 rings (SSSR count). The summed E-state index contributed by atoms with van der Waals surface area (Å²) in [5.41, 5.74) is 0.917. The van der Waals surface area contributed by atoms with Crippen LogP contribution in [0.3, 0.4) is 0 Å². The predicted octanol–water partition coefficient (Wildman–Crippen LogP) is 2.09. The molecule has 1 atom stereocenters. The smallest absolute Gasteiger partial charge is 0.315 e. The first-order valence-electron chi connectivity index (χ1n) is 8.61. The molecule has 1 saturated carbocycles. The van der Waals surface area contributed by atoms with Gasteiger partial charge in [0.15, 0.2) is 5.82 Å². The van der Waals surface area contributed by atoms with Crippen molar-refractivity contribution in [3.05, 3.63) is 36.0 Å². The summed E-state index contributed by atoms with van der Waals surface area (Å²) in [6, 6.07) is 3.29. The number of carbonyl (C=O) groups is 1. The Hall–Kier alpha value is -2.64. The number of nitrogens with one attached hydrogen (secondary N) is 2. The van der Waals surface area contributed by atoms with Gasteiger partial charge in [-0.05, 0) is 38.2 Å². The zero-order valence-corrected chi connectivity index (χ0v) is 14.6. The van der Waals surface area contributed by atoms with E-state index in [0.717, 1.165) is 18.4 Å². The summed E-state index contributed by atoms with van der Waals surface area (Å²) in [6.07, 6.45) is 8.31. The number of pyridine rings is 1. The van der Waals surface area contributed by atoms with Gasteiger partial charge in [0.2, 0.25) is 5.88 Å². The number of hydrogen-bond donors (Lipinski definition) is 2. The molecule has 0 unspecified atom stereocenters. The third-order valence-electron chi connectivity index (χ3n) is 4.32. The summed E-state index contributed by atoms with van der Waals surface area (Å²) in [7, 11) is 1.84. The first-order valence-corrected chi connectivity index (χ1v) is 8.61. The van der Waals surface area contributed by atoms with Crippen molar-refractivity contribution in [2.45, 2.75) is 51.3 Å². The standard InChI is InChI=1S/C17H24N6O2/c1-12(16-22-20-11-23(16)2)21-17(24)19-10-13-7-8-15(18-9-13)25-14-5-3-4-6-14/h7-9,11-12,14H,3-6,10H2,1-2H3,(H2,19,21,24)/t12-/m0/s1. The Balaban J connectivity index is 1.44. The molecule has 0 spiro atoms. The van der Waals surface area contributed by atoms with Crippen molar-refractivity contribution in [3.63, 3.8) is 0 Å². The summed E-state index contributed by atoms with van der Waals surface area (Å²) in [5, 5.41) is 13.4. The van der Waals surface area contributed by atoms with Crippen molar-refractivity contribution in [1.82, 2.24) is 30.4 Å². The van der Waals surface area contributed by atoms with Crippen LogP contribution in [0.5, 0.6) is 5.88 Å². The summed E-state index contributed by atoms with van der Waals surface area (Å²) >= 11 is 0. The van der Waals surface area contributed by atoms with Gasteiger partial charge in [0.05, 0.1) is 6.04 Å². The van der Waals surface area contributed by atoms with Crippen LogP contribution in [0.25, 0.3) is 0 Å². The average Bonchev–Trinajstić information content (AvgIpc) is 3.26. The molecule has 25 heavy (non-hydrogen) atoms. The van der Waals surface area contributed by atoms with Gasteiger partial charge in [-0.1, -0.05) is 6.07 Å². The maximum atomic E-state index is 12.0. The van der Waals surface area contributed by atoms with E-state index in [-0.39, 0.29) is 12.1 Å². The molecule has 0 saturated heterocycles. The van der Waals surface area contributed by atoms with E-state index in [1.54, 1.807) is 17.1 Å². The molecule has 8 nitrogen and oxygen atoms in total. The molecule has 2 amide bonds. The Bertz CT molecular complexity index is 693. The zero-order chi connectivity index (χ0) is 17.6. The fourth-order valence-corrected chi connectivity index (χ4v) is 2.94. The van der Waals surface area contributed by atoms with Crippen LogP contribution in [0.2, 0.25) is 0 Å². The Labute approximate surface area is 147 Å². The molecule has 2 N–H and O–H groups in total. The minimum absolute atomic E-state index is 0.229. The molecule has 0 bridgehead atoms. The van der Waals surface area contributed by atoms with Gasteiger partial charge < -0.3 is 19.9 Å². The minimum atomic E-state index is -0.262. The van der Waals surface area contributed by atoms with Crippen LogP contribution in [0.1, 0.15) is 50.0 Å². The van der Waals surface area contributed by atoms with Crippen LogP contribution in [0, 0.1) is 0 Å². The second kappa shape index (κ2) is 7.96. The highest BCUT2D eigenvalue weighted by atomic mass is 16.5. The van der Waals surface area contributed by atoms with Crippen LogP contribution < -0.4 is 15.4 Å². The molecule has 2 aromatic heterocycles. The van der Waals surface area contributed by atoms with Gasteiger partial charge >= 0.3 is 6.03 Å². The van der Waals surface area contributed by atoms with E-state index in [4.69, 9.17) is 4.74 Å². The minimum Gasteiger partial charge on any atom is -0.474 e. The number of aromatic nitrogens is 4. The first-order chi connectivity index (χ1) is 12.1. The van der Waals surface area contributed by atoms with Crippen LogP contribution >= 0.6 is 0 Å². The van der Waals surface area contributed by atoms with Gasteiger partial charge in [-0.15, -0.1) is 10.2 Å². The average molecular weight is 344 g/mol. The van der Waals surface area contributed by atoms with Gasteiger partial charge in [-0.3, -0.25) is 0 Å². The number of ether oxygens (including phenoxy) is 1. The maximum absolute atomic E-state index is 12.0. The summed E-state index contributed by atoms with van der Waals surface area (Å²) in [5.74, 6) is 1.35.